The Morgan fingerprint density at radius 3 is 3.00 bits per heavy atom. The lowest BCUT2D eigenvalue weighted by molar-refractivity contribution is -0.380. The predicted octanol–water partition coefficient (Wildman–Crippen LogP) is 1.72. The molecule has 0 bridgehead atoms. The first-order valence-electron chi connectivity index (χ1n) is 5.17. The van der Waals surface area contributed by atoms with Crippen LogP contribution < -0.4 is 5.32 Å². The summed E-state index contributed by atoms with van der Waals surface area (Å²) >= 11 is 0.927. The Kier molecular flexibility index (Phi) is 3.23. The van der Waals surface area contributed by atoms with Gasteiger partial charge in [0.1, 0.15) is 6.20 Å². The van der Waals surface area contributed by atoms with E-state index in [1.165, 1.54) is 6.20 Å². The molecule has 1 aliphatic rings. The number of nitro groups is 1. The second-order valence-corrected chi connectivity index (χ2v) is 4.90. The third-order valence-electron chi connectivity index (χ3n) is 2.82. The molecular formula is C9H11N3O4S. The van der Waals surface area contributed by atoms with Gasteiger partial charge < -0.3 is 10.4 Å². The van der Waals surface area contributed by atoms with E-state index in [9.17, 15) is 14.9 Å². The van der Waals surface area contributed by atoms with Crippen molar-refractivity contribution in [1.82, 2.24) is 4.98 Å². The van der Waals surface area contributed by atoms with Crippen molar-refractivity contribution in [2.75, 3.05) is 5.32 Å². The largest absolute Gasteiger partial charge is 0.481 e. The maximum Gasteiger partial charge on any atom is 0.345 e. The molecule has 1 fully saturated rings. The van der Waals surface area contributed by atoms with Crippen molar-refractivity contribution in [2.24, 2.45) is 5.92 Å². The van der Waals surface area contributed by atoms with E-state index in [0.29, 0.717) is 11.6 Å². The summed E-state index contributed by atoms with van der Waals surface area (Å²) in [7, 11) is 0. The summed E-state index contributed by atoms with van der Waals surface area (Å²) in [6.45, 7) is 0. The van der Waals surface area contributed by atoms with E-state index in [0.717, 1.165) is 24.2 Å². The van der Waals surface area contributed by atoms with Gasteiger partial charge in [-0.1, -0.05) is 6.42 Å². The molecule has 1 aliphatic carbocycles. The summed E-state index contributed by atoms with van der Waals surface area (Å²) in [5.41, 5.74) is 0. The lowest BCUT2D eigenvalue weighted by Gasteiger charge is -2.16. The number of nitrogens with one attached hydrogen (secondary N) is 1. The van der Waals surface area contributed by atoms with E-state index in [2.05, 4.69) is 10.3 Å². The van der Waals surface area contributed by atoms with Crippen LogP contribution in [0.1, 0.15) is 19.3 Å². The van der Waals surface area contributed by atoms with Crippen molar-refractivity contribution in [3.8, 4) is 0 Å². The minimum Gasteiger partial charge on any atom is -0.481 e. The number of hydrogen-bond donors (Lipinski definition) is 2. The molecule has 0 aliphatic heterocycles. The van der Waals surface area contributed by atoms with Crippen molar-refractivity contribution in [1.29, 1.82) is 0 Å². The number of hydrogen-bond acceptors (Lipinski definition) is 6. The molecular weight excluding hydrogens is 246 g/mol. The number of carboxylic acid groups (broad SMARTS) is 1. The zero-order chi connectivity index (χ0) is 12.4. The summed E-state index contributed by atoms with van der Waals surface area (Å²) in [5.74, 6) is -1.26. The van der Waals surface area contributed by atoms with E-state index < -0.39 is 16.8 Å². The number of aromatic nitrogens is 1. The maximum atomic E-state index is 11.0. The van der Waals surface area contributed by atoms with Crippen LogP contribution in [0.15, 0.2) is 6.20 Å². The molecule has 2 rings (SSSR count). The minimum absolute atomic E-state index is 0.0441. The van der Waals surface area contributed by atoms with E-state index in [1.807, 2.05) is 0 Å². The third kappa shape index (κ3) is 2.52. The van der Waals surface area contributed by atoms with Gasteiger partial charge in [-0.05, 0) is 24.2 Å². The summed E-state index contributed by atoms with van der Waals surface area (Å²) in [6.07, 6.45) is 3.42. The molecule has 1 aromatic heterocycles. The first-order chi connectivity index (χ1) is 8.08. The fourth-order valence-electron chi connectivity index (χ4n) is 2.00. The molecule has 2 unspecified atom stereocenters. The van der Waals surface area contributed by atoms with Gasteiger partial charge in [0.05, 0.1) is 10.8 Å². The first kappa shape index (κ1) is 11.8. The van der Waals surface area contributed by atoms with Gasteiger partial charge in [0.2, 0.25) is 0 Å². The molecule has 2 atom stereocenters. The monoisotopic (exact) mass is 257 g/mol. The lowest BCUT2D eigenvalue weighted by Crippen LogP contribution is -2.29. The number of carbonyl (C=O) groups is 1. The van der Waals surface area contributed by atoms with Gasteiger partial charge in [-0.3, -0.25) is 14.9 Å². The number of nitrogens with zero attached hydrogens (tertiary/aromatic N) is 2. The molecule has 0 amide bonds. The van der Waals surface area contributed by atoms with Crippen LogP contribution in [0.25, 0.3) is 0 Å². The number of carboxylic acids is 1. The van der Waals surface area contributed by atoms with Crippen molar-refractivity contribution in [3.63, 3.8) is 0 Å². The van der Waals surface area contributed by atoms with Crippen molar-refractivity contribution in [2.45, 2.75) is 25.3 Å². The van der Waals surface area contributed by atoms with Crippen LogP contribution in [-0.2, 0) is 4.79 Å². The highest BCUT2D eigenvalue weighted by Crippen LogP contribution is 2.31. The van der Waals surface area contributed by atoms with Crippen LogP contribution in [0.4, 0.5) is 10.1 Å². The van der Waals surface area contributed by atoms with E-state index in [-0.39, 0.29) is 11.0 Å². The quantitative estimate of drug-likeness (QED) is 0.628. The molecule has 1 aromatic rings. The summed E-state index contributed by atoms with van der Waals surface area (Å²) in [5, 5.41) is 22.8. The Balaban J connectivity index is 2.04. The lowest BCUT2D eigenvalue weighted by atomic mass is 10.0. The third-order valence-corrected chi connectivity index (χ3v) is 3.70. The predicted molar refractivity (Wildman–Crippen MR) is 61.2 cm³/mol. The van der Waals surface area contributed by atoms with E-state index >= 15 is 0 Å². The number of anilines is 1. The maximum absolute atomic E-state index is 11.0. The second kappa shape index (κ2) is 4.66. The standard InChI is InChI=1S/C9H11N3O4S/c13-8(14)5-2-1-3-6(5)11-9-10-4-7(17-9)12(15)16/h4-6H,1-3H2,(H,10,11)(H,13,14). The number of rotatable bonds is 4. The normalized spacial score (nSPS) is 23.5. The smallest absolute Gasteiger partial charge is 0.345 e. The molecule has 0 radical (unpaired) electrons. The molecule has 2 N–H and O–H groups in total. The molecule has 0 saturated heterocycles. The van der Waals surface area contributed by atoms with Crippen LogP contribution in [-0.4, -0.2) is 27.0 Å². The van der Waals surface area contributed by atoms with Gasteiger partial charge in [0.25, 0.3) is 0 Å². The topological polar surface area (TPSA) is 105 Å². The summed E-state index contributed by atoms with van der Waals surface area (Å²) in [6, 6.07) is -0.182. The van der Waals surface area contributed by atoms with Gasteiger partial charge in [0.15, 0.2) is 5.13 Å². The second-order valence-electron chi connectivity index (χ2n) is 3.89. The molecule has 1 heterocycles. The fraction of sp³-hybridized carbons (Fsp3) is 0.556. The van der Waals surface area contributed by atoms with Crippen molar-refractivity contribution >= 4 is 27.4 Å². The van der Waals surface area contributed by atoms with Gasteiger partial charge in [-0.25, -0.2) is 4.98 Å². The Hall–Kier alpha value is -1.70. The molecule has 17 heavy (non-hydrogen) atoms. The van der Waals surface area contributed by atoms with Crippen LogP contribution >= 0.6 is 11.3 Å². The number of thiazole rings is 1. The minimum atomic E-state index is -0.828. The fourth-order valence-corrected chi connectivity index (χ4v) is 2.70. The van der Waals surface area contributed by atoms with Crippen LogP contribution in [0, 0.1) is 16.0 Å². The Labute approximate surface area is 101 Å². The molecule has 8 heteroatoms. The molecule has 0 aromatic carbocycles. The van der Waals surface area contributed by atoms with Gasteiger partial charge >= 0.3 is 11.0 Å². The van der Waals surface area contributed by atoms with Gasteiger partial charge in [-0.15, -0.1) is 0 Å². The summed E-state index contributed by atoms with van der Waals surface area (Å²) < 4.78 is 0. The Morgan fingerprint density at radius 2 is 2.41 bits per heavy atom. The Morgan fingerprint density at radius 1 is 1.65 bits per heavy atom. The van der Waals surface area contributed by atoms with Crippen molar-refractivity contribution < 1.29 is 14.8 Å². The van der Waals surface area contributed by atoms with Gasteiger partial charge in [0, 0.05) is 6.04 Å². The first-order valence-corrected chi connectivity index (χ1v) is 5.99. The highest BCUT2D eigenvalue weighted by molar-refractivity contribution is 7.18. The summed E-state index contributed by atoms with van der Waals surface area (Å²) in [4.78, 5) is 24.8. The number of aliphatic carboxylic acids is 1. The highest BCUT2D eigenvalue weighted by Gasteiger charge is 2.33. The average Bonchev–Trinajstić information content (AvgIpc) is 2.86. The molecule has 7 nitrogen and oxygen atoms in total. The van der Waals surface area contributed by atoms with E-state index in [1.54, 1.807) is 0 Å². The molecule has 1 saturated carbocycles. The SMILES string of the molecule is O=C(O)C1CCCC1Nc1ncc([N+](=O)[O-])s1. The molecule has 92 valence electrons. The molecule has 0 spiro atoms. The van der Waals surface area contributed by atoms with Crippen molar-refractivity contribution in [3.05, 3.63) is 16.3 Å². The van der Waals surface area contributed by atoms with Crippen LogP contribution in [0.2, 0.25) is 0 Å². The van der Waals surface area contributed by atoms with E-state index in [4.69, 9.17) is 5.11 Å². The average molecular weight is 257 g/mol. The highest BCUT2D eigenvalue weighted by atomic mass is 32.1. The Bertz CT molecular complexity index is 447. The van der Waals surface area contributed by atoms with Crippen LogP contribution in [0.5, 0.6) is 0 Å². The zero-order valence-electron chi connectivity index (χ0n) is 8.83. The van der Waals surface area contributed by atoms with Gasteiger partial charge in [-0.2, -0.15) is 0 Å². The zero-order valence-corrected chi connectivity index (χ0v) is 9.64. The van der Waals surface area contributed by atoms with Crippen LogP contribution in [0.3, 0.4) is 0 Å².